The normalized spacial score (nSPS) is 21.2. The summed E-state index contributed by atoms with van der Waals surface area (Å²) < 4.78 is 5.49. The maximum atomic E-state index is 12.9. The number of amides is 1. The van der Waals surface area contributed by atoms with Gasteiger partial charge in [0, 0.05) is 36.2 Å². The highest BCUT2D eigenvalue weighted by atomic mass is 16.5. The van der Waals surface area contributed by atoms with E-state index < -0.39 is 0 Å². The molecule has 1 spiro atoms. The summed E-state index contributed by atoms with van der Waals surface area (Å²) in [5, 5.41) is 7.92. The Labute approximate surface area is 123 Å². The standard InChI is InChI=1S/C16H19N3O2/c20-15(12-2-3-14-13(10-12)11-17-18-14)19-7-1-4-16(19)5-8-21-9-6-16/h2-3,10-11H,1,4-9H2,(H,17,18). The number of hydrogen-bond donors (Lipinski definition) is 1. The first kappa shape index (κ1) is 12.8. The van der Waals surface area contributed by atoms with Crippen LogP contribution in [0.2, 0.25) is 0 Å². The fourth-order valence-electron chi connectivity index (χ4n) is 3.76. The summed E-state index contributed by atoms with van der Waals surface area (Å²) in [5.74, 6) is 0.150. The van der Waals surface area contributed by atoms with Crippen LogP contribution in [0.4, 0.5) is 0 Å². The Hall–Kier alpha value is -1.88. The minimum absolute atomic E-state index is 0.0285. The van der Waals surface area contributed by atoms with E-state index in [4.69, 9.17) is 4.74 Å². The average molecular weight is 285 g/mol. The third-order valence-electron chi connectivity index (χ3n) is 4.95. The Balaban J connectivity index is 1.66. The third kappa shape index (κ3) is 2.03. The number of rotatable bonds is 1. The lowest BCUT2D eigenvalue weighted by atomic mass is 9.87. The zero-order valence-corrected chi connectivity index (χ0v) is 12.0. The van der Waals surface area contributed by atoms with Gasteiger partial charge in [-0.2, -0.15) is 5.10 Å². The Bertz CT molecular complexity index is 673. The van der Waals surface area contributed by atoms with Gasteiger partial charge in [0.05, 0.1) is 11.7 Å². The van der Waals surface area contributed by atoms with Gasteiger partial charge in [-0.1, -0.05) is 0 Å². The minimum atomic E-state index is 0.0285. The molecule has 0 radical (unpaired) electrons. The Morgan fingerprint density at radius 3 is 3.00 bits per heavy atom. The van der Waals surface area contributed by atoms with E-state index in [1.807, 2.05) is 18.2 Å². The number of nitrogens with one attached hydrogen (secondary N) is 1. The number of nitrogens with zero attached hydrogens (tertiary/aromatic N) is 2. The van der Waals surface area contributed by atoms with Crippen molar-refractivity contribution in [3.05, 3.63) is 30.0 Å². The van der Waals surface area contributed by atoms with Gasteiger partial charge in [-0.15, -0.1) is 0 Å². The number of fused-ring (bicyclic) bond motifs is 1. The van der Waals surface area contributed by atoms with Crippen LogP contribution in [-0.4, -0.2) is 46.3 Å². The number of hydrogen-bond acceptors (Lipinski definition) is 3. The smallest absolute Gasteiger partial charge is 0.254 e. The molecule has 0 bridgehead atoms. The second-order valence-electron chi connectivity index (χ2n) is 6.07. The minimum Gasteiger partial charge on any atom is -0.381 e. The quantitative estimate of drug-likeness (QED) is 0.875. The lowest BCUT2D eigenvalue weighted by molar-refractivity contribution is -0.00311. The number of likely N-dealkylation sites (tertiary alicyclic amines) is 1. The van der Waals surface area contributed by atoms with Gasteiger partial charge in [-0.05, 0) is 43.9 Å². The number of ether oxygens (including phenoxy) is 1. The van der Waals surface area contributed by atoms with Crippen molar-refractivity contribution in [2.45, 2.75) is 31.2 Å². The lowest BCUT2D eigenvalue weighted by Gasteiger charge is -2.41. The van der Waals surface area contributed by atoms with E-state index in [9.17, 15) is 4.79 Å². The largest absolute Gasteiger partial charge is 0.381 e. The van der Waals surface area contributed by atoms with E-state index in [2.05, 4.69) is 15.1 Å². The first-order chi connectivity index (χ1) is 10.3. The molecule has 5 nitrogen and oxygen atoms in total. The second-order valence-corrected chi connectivity index (χ2v) is 6.07. The van der Waals surface area contributed by atoms with Gasteiger partial charge in [-0.3, -0.25) is 9.89 Å². The number of carbonyl (C=O) groups excluding carboxylic acids is 1. The predicted octanol–water partition coefficient (Wildman–Crippen LogP) is 2.35. The van der Waals surface area contributed by atoms with Crippen LogP contribution in [0.3, 0.4) is 0 Å². The molecule has 5 heteroatoms. The lowest BCUT2D eigenvalue weighted by Crippen LogP contribution is -2.50. The highest BCUT2D eigenvalue weighted by Gasteiger charge is 2.44. The van der Waals surface area contributed by atoms with E-state index in [0.717, 1.165) is 61.9 Å². The van der Waals surface area contributed by atoms with Crippen LogP contribution < -0.4 is 0 Å². The summed E-state index contributed by atoms with van der Waals surface area (Å²) in [4.78, 5) is 15.0. The van der Waals surface area contributed by atoms with E-state index >= 15 is 0 Å². The van der Waals surface area contributed by atoms with Crippen LogP contribution in [0, 0.1) is 0 Å². The van der Waals surface area contributed by atoms with Crippen molar-refractivity contribution >= 4 is 16.8 Å². The molecule has 0 saturated carbocycles. The third-order valence-corrected chi connectivity index (χ3v) is 4.95. The van der Waals surface area contributed by atoms with Gasteiger partial charge >= 0.3 is 0 Å². The molecule has 4 rings (SSSR count). The Kier molecular flexibility index (Phi) is 2.96. The molecule has 0 unspecified atom stereocenters. The number of benzene rings is 1. The first-order valence-corrected chi connectivity index (χ1v) is 7.61. The van der Waals surface area contributed by atoms with Crippen molar-refractivity contribution in [3.8, 4) is 0 Å². The SMILES string of the molecule is O=C(c1ccc2[nH]ncc2c1)N1CCCC12CCOCC2. The molecular weight excluding hydrogens is 266 g/mol. The molecule has 2 aliphatic heterocycles. The summed E-state index contributed by atoms with van der Waals surface area (Å²) >= 11 is 0. The molecule has 2 aliphatic rings. The van der Waals surface area contributed by atoms with Gasteiger partial charge in [0.15, 0.2) is 0 Å². The van der Waals surface area contributed by atoms with Crippen molar-refractivity contribution in [1.82, 2.24) is 15.1 Å². The summed E-state index contributed by atoms with van der Waals surface area (Å²) in [6.07, 6.45) is 5.90. The van der Waals surface area contributed by atoms with E-state index in [1.54, 1.807) is 6.20 Å². The molecular formula is C16H19N3O2. The zero-order valence-electron chi connectivity index (χ0n) is 12.0. The molecule has 2 aromatic rings. The van der Waals surface area contributed by atoms with Crippen molar-refractivity contribution in [2.75, 3.05) is 19.8 Å². The fraction of sp³-hybridized carbons (Fsp3) is 0.500. The molecule has 2 saturated heterocycles. The Morgan fingerprint density at radius 1 is 1.29 bits per heavy atom. The summed E-state index contributed by atoms with van der Waals surface area (Å²) in [5.41, 5.74) is 1.76. The van der Waals surface area contributed by atoms with Crippen LogP contribution in [0.25, 0.3) is 10.9 Å². The summed E-state index contributed by atoms with van der Waals surface area (Å²) in [7, 11) is 0. The predicted molar refractivity (Wildman–Crippen MR) is 79.1 cm³/mol. The fourth-order valence-corrected chi connectivity index (χ4v) is 3.76. The maximum absolute atomic E-state index is 12.9. The van der Waals surface area contributed by atoms with Gasteiger partial charge in [0.2, 0.25) is 0 Å². The number of aromatic amines is 1. The highest BCUT2D eigenvalue weighted by molar-refractivity contribution is 5.98. The van der Waals surface area contributed by atoms with Crippen molar-refractivity contribution < 1.29 is 9.53 Å². The molecule has 1 amide bonds. The van der Waals surface area contributed by atoms with Crippen molar-refractivity contribution in [3.63, 3.8) is 0 Å². The molecule has 21 heavy (non-hydrogen) atoms. The molecule has 1 aromatic carbocycles. The summed E-state index contributed by atoms with van der Waals surface area (Å²) in [6, 6.07) is 5.77. The second kappa shape index (κ2) is 4.84. The van der Waals surface area contributed by atoms with Gasteiger partial charge in [0.1, 0.15) is 0 Å². The molecule has 0 atom stereocenters. The van der Waals surface area contributed by atoms with E-state index in [0.29, 0.717) is 0 Å². The number of H-pyrrole nitrogens is 1. The topological polar surface area (TPSA) is 58.2 Å². The highest BCUT2D eigenvalue weighted by Crippen LogP contribution is 2.38. The first-order valence-electron chi connectivity index (χ1n) is 7.61. The van der Waals surface area contributed by atoms with Gasteiger partial charge in [0.25, 0.3) is 5.91 Å². The van der Waals surface area contributed by atoms with E-state index in [1.165, 1.54) is 0 Å². The van der Waals surface area contributed by atoms with Crippen LogP contribution >= 0.6 is 0 Å². The number of carbonyl (C=O) groups is 1. The van der Waals surface area contributed by atoms with Crippen molar-refractivity contribution in [1.29, 1.82) is 0 Å². The molecule has 2 fully saturated rings. The van der Waals surface area contributed by atoms with Crippen LogP contribution in [0.1, 0.15) is 36.0 Å². The molecule has 0 aliphatic carbocycles. The van der Waals surface area contributed by atoms with Crippen LogP contribution in [0.5, 0.6) is 0 Å². The zero-order chi connectivity index (χ0) is 14.3. The van der Waals surface area contributed by atoms with Gasteiger partial charge in [-0.25, -0.2) is 0 Å². The van der Waals surface area contributed by atoms with Crippen LogP contribution in [0.15, 0.2) is 24.4 Å². The molecule has 1 aromatic heterocycles. The van der Waals surface area contributed by atoms with E-state index in [-0.39, 0.29) is 11.4 Å². The monoisotopic (exact) mass is 285 g/mol. The van der Waals surface area contributed by atoms with Crippen LogP contribution in [-0.2, 0) is 4.74 Å². The average Bonchev–Trinajstić information content (AvgIpc) is 3.13. The number of aromatic nitrogens is 2. The van der Waals surface area contributed by atoms with Gasteiger partial charge < -0.3 is 9.64 Å². The summed E-state index contributed by atoms with van der Waals surface area (Å²) in [6.45, 7) is 2.40. The molecule has 3 heterocycles. The molecule has 110 valence electrons. The van der Waals surface area contributed by atoms with Crippen molar-refractivity contribution in [2.24, 2.45) is 0 Å². The maximum Gasteiger partial charge on any atom is 0.254 e. The molecule has 1 N–H and O–H groups in total. The Morgan fingerprint density at radius 2 is 2.14 bits per heavy atom.